The minimum atomic E-state index is -0.189. The third-order valence-electron chi connectivity index (χ3n) is 2.67. The zero-order chi connectivity index (χ0) is 14.7. The third kappa shape index (κ3) is 3.77. The van der Waals surface area contributed by atoms with Gasteiger partial charge >= 0.3 is 0 Å². The summed E-state index contributed by atoms with van der Waals surface area (Å²) in [6.07, 6.45) is 0. The van der Waals surface area contributed by atoms with Gasteiger partial charge < -0.3 is 0 Å². The van der Waals surface area contributed by atoms with Gasteiger partial charge in [0.2, 0.25) is 0 Å². The van der Waals surface area contributed by atoms with Gasteiger partial charge in [-0.15, -0.1) is 11.3 Å². The van der Waals surface area contributed by atoms with Crippen molar-refractivity contribution >= 4 is 38.9 Å². The minimum Gasteiger partial charge on any atom is -0.271 e. The number of hydrazone groups is 1. The van der Waals surface area contributed by atoms with Crippen LogP contribution in [-0.4, -0.2) is 21.4 Å². The molecule has 7 heteroatoms. The number of hydrogen-bond acceptors (Lipinski definition) is 4. The summed E-state index contributed by atoms with van der Waals surface area (Å²) in [7, 11) is 0. The molecular formula is C13H15BrN4OS. The Balaban J connectivity index is 1.96. The van der Waals surface area contributed by atoms with Gasteiger partial charge in [-0.05, 0) is 54.9 Å². The fourth-order valence-electron chi connectivity index (χ4n) is 1.72. The fraction of sp³-hybridized carbons (Fsp3) is 0.308. The molecule has 0 bridgehead atoms. The Morgan fingerprint density at radius 1 is 1.50 bits per heavy atom. The molecule has 5 nitrogen and oxygen atoms in total. The van der Waals surface area contributed by atoms with E-state index in [2.05, 4.69) is 31.6 Å². The number of carbonyl (C=O) groups excluding carboxylic acids is 1. The van der Waals surface area contributed by atoms with Crippen LogP contribution < -0.4 is 5.43 Å². The van der Waals surface area contributed by atoms with Crippen molar-refractivity contribution < 1.29 is 4.79 Å². The molecule has 2 heterocycles. The molecule has 0 aliphatic rings. The second-order valence-electron chi connectivity index (χ2n) is 4.42. The van der Waals surface area contributed by atoms with Crippen LogP contribution in [0, 0.1) is 13.8 Å². The van der Waals surface area contributed by atoms with Gasteiger partial charge in [0.05, 0.1) is 20.1 Å². The highest BCUT2D eigenvalue weighted by Gasteiger charge is 2.07. The van der Waals surface area contributed by atoms with Crippen LogP contribution in [0.1, 0.15) is 23.2 Å². The van der Waals surface area contributed by atoms with Crippen molar-refractivity contribution in [3.63, 3.8) is 0 Å². The predicted octanol–water partition coefficient (Wildman–Crippen LogP) is 2.86. The van der Waals surface area contributed by atoms with Gasteiger partial charge in [0, 0.05) is 5.69 Å². The number of hydrogen-bond donors (Lipinski definition) is 1. The van der Waals surface area contributed by atoms with Gasteiger partial charge in [0.1, 0.15) is 6.54 Å². The molecule has 20 heavy (non-hydrogen) atoms. The van der Waals surface area contributed by atoms with Crippen molar-refractivity contribution in [2.45, 2.75) is 27.3 Å². The lowest BCUT2D eigenvalue weighted by atomic mass is 10.3. The first-order valence-corrected chi connectivity index (χ1v) is 7.66. The molecule has 0 spiro atoms. The van der Waals surface area contributed by atoms with E-state index in [1.165, 1.54) is 0 Å². The van der Waals surface area contributed by atoms with Crippen molar-refractivity contribution in [1.29, 1.82) is 0 Å². The standard InChI is InChI=1S/C13H15BrN4OS/c1-8-6-9(2)18(17-8)7-13(19)16-15-10(3)11-4-5-12(14)20-11/h4-6H,7H2,1-3H3,(H,16,19)/b15-10+. The first kappa shape index (κ1) is 14.9. The Kier molecular flexibility index (Phi) is 4.72. The lowest BCUT2D eigenvalue weighted by Gasteiger charge is -2.03. The summed E-state index contributed by atoms with van der Waals surface area (Å²) in [4.78, 5) is 12.8. The molecule has 0 atom stereocenters. The summed E-state index contributed by atoms with van der Waals surface area (Å²) >= 11 is 4.97. The molecule has 0 fully saturated rings. The Morgan fingerprint density at radius 2 is 2.25 bits per heavy atom. The van der Waals surface area contributed by atoms with Crippen LogP contribution in [0.5, 0.6) is 0 Å². The second kappa shape index (κ2) is 6.32. The van der Waals surface area contributed by atoms with E-state index in [4.69, 9.17) is 0 Å². The molecule has 2 aromatic heterocycles. The topological polar surface area (TPSA) is 59.3 Å². The highest BCUT2D eigenvalue weighted by Crippen LogP contribution is 2.22. The van der Waals surface area contributed by atoms with Crippen molar-refractivity contribution in [1.82, 2.24) is 15.2 Å². The van der Waals surface area contributed by atoms with Crippen molar-refractivity contribution in [3.05, 3.63) is 38.3 Å². The maximum absolute atomic E-state index is 11.8. The zero-order valence-corrected chi connectivity index (χ0v) is 13.9. The number of rotatable bonds is 4. The van der Waals surface area contributed by atoms with E-state index in [1.807, 2.05) is 39.0 Å². The third-order valence-corrected chi connectivity index (χ3v) is 4.41. The average molecular weight is 355 g/mol. The van der Waals surface area contributed by atoms with Gasteiger partial charge in [-0.2, -0.15) is 10.2 Å². The normalized spacial score (nSPS) is 11.7. The highest BCUT2D eigenvalue weighted by atomic mass is 79.9. The molecule has 0 radical (unpaired) electrons. The van der Waals surface area contributed by atoms with E-state index in [1.54, 1.807) is 16.0 Å². The number of carbonyl (C=O) groups is 1. The van der Waals surface area contributed by atoms with E-state index >= 15 is 0 Å². The molecule has 0 aliphatic carbocycles. The maximum Gasteiger partial charge on any atom is 0.261 e. The number of aromatic nitrogens is 2. The number of thiophene rings is 1. The van der Waals surface area contributed by atoms with E-state index in [0.717, 1.165) is 25.8 Å². The van der Waals surface area contributed by atoms with Gasteiger partial charge in [0.15, 0.2) is 0 Å². The van der Waals surface area contributed by atoms with Crippen LogP contribution in [-0.2, 0) is 11.3 Å². The van der Waals surface area contributed by atoms with Crippen molar-refractivity contribution in [2.24, 2.45) is 5.10 Å². The summed E-state index contributed by atoms with van der Waals surface area (Å²) in [5.41, 5.74) is 5.19. The number of nitrogens with one attached hydrogen (secondary N) is 1. The van der Waals surface area contributed by atoms with Gasteiger partial charge in [0.25, 0.3) is 5.91 Å². The Morgan fingerprint density at radius 3 is 2.80 bits per heavy atom. The summed E-state index contributed by atoms with van der Waals surface area (Å²) in [6, 6.07) is 5.85. The van der Waals surface area contributed by atoms with Crippen LogP contribution >= 0.6 is 27.3 Å². The zero-order valence-electron chi connectivity index (χ0n) is 11.5. The quantitative estimate of drug-likeness (QED) is 0.677. The largest absolute Gasteiger partial charge is 0.271 e. The highest BCUT2D eigenvalue weighted by molar-refractivity contribution is 9.11. The lowest BCUT2D eigenvalue weighted by Crippen LogP contribution is -2.25. The number of aryl methyl sites for hydroxylation is 2. The smallest absolute Gasteiger partial charge is 0.261 e. The second-order valence-corrected chi connectivity index (χ2v) is 6.88. The summed E-state index contributed by atoms with van der Waals surface area (Å²) in [5.74, 6) is -0.189. The average Bonchev–Trinajstić information content (AvgIpc) is 2.93. The van der Waals surface area contributed by atoms with Crippen LogP contribution in [0.3, 0.4) is 0 Å². The molecule has 2 aromatic rings. The van der Waals surface area contributed by atoms with Crippen LogP contribution in [0.2, 0.25) is 0 Å². The molecular weight excluding hydrogens is 340 g/mol. The fourth-order valence-corrected chi connectivity index (χ4v) is 3.05. The van der Waals surface area contributed by atoms with Crippen LogP contribution in [0.25, 0.3) is 0 Å². The lowest BCUT2D eigenvalue weighted by molar-refractivity contribution is -0.121. The van der Waals surface area contributed by atoms with E-state index in [-0.39, 0.29) is 12.5 Å². The van der Waals surface area contributed by atoms with E-state index in [0.29, 0.717) is 0 Å². The number of halogens is 1. The Hall–Kier alpha value is -1.47. The molecule has 0 saturated carbocycles. The molecule has 2 rings (SSSR count). The minimum absolute atomic E-state index is 0.171. The predicted molar refractivity (Wildman–Crippen MR) is 84.1 cm³/mol. The van der Waals surface area contributed by atoms with Crippen molar-refractivity contribution in [3.8, 4) is 0 Å². The molecule has 1 N–H and O–H groups in total. The van der Waals surface area contributed by atoms with Gasteiger partial charge in [-0.1, -0.05) is 0 Å². The monoisotopic (exact) mass is 354 g/mol. The number of amides is 1. The summed E-state index contributed by atoms with van der Waals surface area (Å²) < 4.78 is 2.70. The van der Waals surface area contributed by atoms with Gasteiger partial charge in [-0.25, -0.2) is 5.43 Å². The molecule has 1 amide bonds. The molecule has 0 aromatic carbocycles. The Bertz CT molecular complexity index is 659. The van der Waals surface area contributed by atoms with E-state index in [9.17, 15) is 4.79 Å². The van der Waals surface area contributed by atoms with Crippen LogP contribution in [0.4, 0.5) is 0 Å². The molecule has 106 valence electrons. The maximum atomic E-state index is 11.8. The van der Waals surface area contributed by atoms with E-state index < -0.39 is 0 Å². The van der Waals surface area contributed by atoms with Crippen LogP contribution in [0.15, 0.2) is 27.1 Å². The summed E-state index contributed by atoms with van der Waals surface area (Å²) in [5, 5.41) is 8.35. The number of nitrogens with zero attached hydrogens (tertiary/aromatic N) is 3. The summed E-state index contributed by atoms with van der Waals surface area (Å²) in [6.45, 7) is 5.86. The first-order chi connectivity index (χ1) is 9.45. The molecule has 0 aliphatic heterocycles. The first-order valence-electron chi connectivity index (χ1n) is 6.05. The van der Waals surface area contributed by atoms with Gasteiger partial charge in [-0.3, -0.25) is 9.48 Å². The molecule has 0 saturated heterocycles. The van der Waals surface area contributed by atoms with Crippen molar-refractivity contribution in [2.75, 3.05) is 0 Å². The molecule has 0 unspecified atom stereocenters. The SMILES string of the molecule is C/C(=N\NC(=O)Cn1nc(C)cc1C)c1ccc(Br)s1. The Labute approximate surface area is 129 Å².